The summed E-state index contributed by atoms with van der Waals surface area (Å²) in [6.45, 7) is 0. The Morgan fingerprint density at radius 1 is 1.15 bits per heavy atom. The van der Waals surface area contributed by atoms with Crippen LogP contribution >= 0.6 is 11.3 Å². The quantitative estimate of drug-likeness (QED) is 0.190. The number of benzene rings is 2. The first-order valence-corrected chi connectivity index (χ1v) is 10.6. The number of non-ortho nitro benzene ring substituents is 1. The number of amides is 1. The highest BCUT2D eigenvalue weighted by Gasteiger charge is 2.15. The van der Waals surface area contributed by atoms with Crippen molar-refractivity contribution in [2.45, 2.75) is 6.42 Å². The van der Waals surface area contributed by atoms with Gasteiger partial charge >= 0.3 is 0 Å². The van der Waals surface area contributed by atoms with Gasteiger partial charge in [-0.1, -0.05) is 47.7 Å². The monoisotopic (exact) mass is 456 g/mol. The average molecular weight is 456 g/mol. The van der Waals surface area contributed by atoms with Gasteiger partial charge in [0.25, 0.3) is 11.6 Å². The molecule has 0 unspecified atom stereocenters. The van der Waals surface area contributed by atoms with Gasteiger partial charge in [0.05, 0.1) is 10.6 Å². The predicted molar refractivity (Wildman–Crippen MR) is 124 cm³/mol. The fraction of sp³-hybridized carbons (Fsp3) is 0.0435. The second-order valence-electron chi connectivity index (χ2n) is 6.87. The molecule has 1 amide bonds. The smallest absolute Gasteiger partial charge is 0.271 e. The van der Waals surface area contributed by atoms with E-state index in [0.717, 1.165) is 10.6 Å². The highest BCUT2D eigenvalue weighted by Crippen LogP contribution is 2.22. The molecule has 2 heterocycles. The van der Waals surface area contributed by atoms with Crippen LogP contribution in [0.2, 0.25) is 0 Å². The lowest BCUT2D eigenvalue weighted by Crippen LogP contribution is -2.13. The first-order valence-electron chi connectivity index (χ1n) is 9.75. The summed E-state index contributed by atoms with van der Waals surface area (Å²) < 4.78 is 1.65. The normalized spacial score (nSPS) is 11.1. The summed E-state index contributed by atoms with van der Waals surface area (Å²) in [5.41, 5.74) is 1.93. The van der Waals surface area contributed by atoms with Crippen molar-refractivity contribution in [3.05, 3.63) is 105 Å². The molecule has 0 bridgehead atoms. The first kappa shape index (κ1) is 21.6. The summed E-state index contributed by atoms with van der Waals surface area (Å²) in [5, 5.41) is 32.3. The summed E-state index contributed by atoms with van der Waals surface area (Å²) in [6.07, 6.45) is 3.70. The lowest BCUT2D eigenvalue weighted by Gasteiger charge is -2.07. The molecule has 4 aromatic rings. The van der Waals surface area contributed by atoms with Gasteiger partial charge < -0.3 is 4.57 Å². The zero-order chi connectivity index (χ0) is 23.2. The molecule has 0 aliphatic heterocycles. The van der Waals surface area contributed by atoms with Crippen molar-refractivity contribution in [1.29, 1.82) is 5.26 Å². The van der Waals surface area contributed by atoms with Crippen LogP contribution in [-0.4, -0.2) is 25.6 Å². The predicted octanol–water partition coefficient (Wildman–Crippen LogP) is 4.37. The van der Waals surface area contributed by atoms with Crippen molar-refractivity contribution in [3.8, 4) is 11.8 Å². The Balaban J connectivity index is 1.52. The molecule has 0 aliphatic carbocycles. The number of hydrogen-bond acceptors (Lipinski definition) is 7. The number of carbonyl (C=O) groups is 1. The highest BCUT2D eigenvalue weighted by atomic mass is 32.1. The minimum Gasteiger partial charge on any atom is -0.317 e. The van der Waals surface area contributed by atoms with Gasteiger partial charge in [-0.3, -0.25) is 20.2 Å². The molecule has 10 heteroatoms. The molecule has 0 fully saturated rings. The molecule has 0 saturated heterocycles. The minimum absolute atomic E-state index is 0.0584. The Morgan fingerprint density at radius 3 is 2.73 bits per heavy atom. The van der Waals surface area contributed by atoms with Crippen molar-refractivity contribution in [2.24, 2.45) is 0 Å². The molecule has 0 saturated carbocycles. The Bertz CT molecular complexity index is 1380. The summed E-state index contributed by atoms with van der Waals surface area (Å²) in [6, 6.07) is 21.2. The van der Waals surface area contributed by atoms with Crippen LogP contribution < -0.4 is 5.32 Å². The van der Waals surface area contributed by atoms with Crippen LogP contribution in [-0.2, 0) is 11.2 Å². The van der Waals surface area contributed by atoms with Crippen LogP contribution in [0.1, 0.15) is 16.3 Å². The van der Waals surface area contributed by atoms with E-state index in [4.69, 9.17) is 0 Å². The summed E-state index contributed by atoms with van der Waals surface area (Å²) >= 11 is 1.24. The number of aromatic nitrogens is 3. The molecule has 4 rings (SSSR count). The third-order valence-corrected chi connectivity index (χ3v) is 5.48. The maximum absolute atomic E-state index is 12.7. The summed E-state index contributed by atoms with van der Waals surface area (Å²) in [4.78, 5) is 23.3. The standard InChI is InChI=1S/C23H16N6O3S/c24-15-17(13-18-10-5-11-28(18)19-8-4-9-20(14-19)29(31)32)22(30)25-23-27-26-21(33-23)12-16-6-2-1-3-7-16/h1-11,13-14H,12H2,(H,25,27,30)/b17-13-. The summed E-state index contributed by atoms with van der Waals surface area (Å²) in [7, 11) is 0. The lowest BCUT2D eigenvalue weighted by atomic mass is 10.2. The zero-order valence-electron chi connectivity index (χ0n) is 17.1. The Labute approximate surface area is 192 Å². The third-order valence-electron chi connectivity index (χ3n) is 4.64. The van der Waals surface area contributed by atoms with Gasteiger partial charge in [0.2, 0.25) is 5.13 Å². The van der Waals surface area contributed by atoms with Crippen molar-refractivity contribution < 1.29 is 9.72 Å². The van der Waals surface area contributed by atoms with Gasteiger partial charge in [0, 0.05) is 30.4 Å². The Morgan fingerprint density at radius 2 is 1.97 bits per heavy atom. The van der Waals surface area contributed by atoms with Gasteiger partial charge in [-0.05, 0) is 29.8 Å². The Kier molecular flexibility index (Phi) is 6.33. The topological polar surface area (TPSA) is 127 Å². The molecule has 0 spiro atoms. The van der Waals surface area contributed by atoms with E-state index < -0.39 is 10.8 Å². The number of rotatable bonds is 7. The molecule has 2 aromatic carbocycles. The second kappa shape index (κ2) is 9.67. The molecule has 0 radical (unpaired) electrons. The highest BCUT2D eigenvalue weighted by molar-refractivity contribution is 7.15. The number of hydrogen-bond donors (Lipinski definition) is 1. The van der Waals surface area contributed by atoms with Crippen LogP contribution in [0, 0.1) is 21.4 Å². The van der Waals surface area contributed by atoms with Gasteiger partial charge in [-0.25, -0.2) is 0 Å². The number of nitro groups is 1. The Hall–Kier alpha value is -4.62. The average Bonchev–Trinajstić information content (AvgIpc) is 3.47. The minimum atomic E-state index is -0.619. The molecule has 0 atom stereocenters. The fourth-order valence-corrected chi connectivity index (χ4v) is 3.88. The second-order valence-corrected chi connectivity index (χ2v) is 7.93. The van der Waals surface area contributed by atoms with Crippen molar-refractivity contribution in [2.75, 3.05) is 5.32 Å². The molecule has 1 N–H and O–H groups in total. The lowest BCUT2D eigenvalue weighted by molar-refractivity contribution is -0.384. The molecular formula is C23H16N6O3S. The van der Waals surface area contributed by atoms with E-state index in [-0.39, 0.29) is 11.3 Å². The molecule has 33 heavy (non-hydrogen) atoms. The van der Waals surface area contributed by atoms with Gasteiger partial charge in [-0.15, -0.1) is 10.2 Å². The van der Waals surface area contributed by atoms with Crippen LogP contribution in [0.5, 0.6) is 0 Å². The van der Waals surface area contributed by atoms with Crippen molar-refractivity contribution in [1.82, 2.24) is 14.8 Å². The number of nitrogens with zero attached hydrogens (tertiary/aromatic N) is 5. The molecule has 162 valence electrons. The van der Waals surface area contributed by atoms with E-state index in [0.29, 0.717) is 22.9 Å². The molecular weight excluding hydrogens is 440 g/mol. The summed E-state index contributed by atoms with van der Waals surface area (Å²) in [5.74, 6) is -0.619. The number of nitro benzene ring substituents is 1. The maximum atomic E-state index is 12.7. The third kappa shape index (κ3) is 5.17. The van der Waals surface area contributed by atoms with Gasteiger partial charge in [-0.2, -0.15) is 5.26 Å². The van der Waals surface area contributed by atoms with E-state index in [9.17, 15) is 20.2 Å². The van der Waals surface area contributed by atoms with Gasteiger partial charge in [0.15, 0.2) is 0 Å². The van der Waals surface area contributed by atoms with Crippen molar-refractivity contribution in [3.63, 3.8) is 0 Å². The fourth-order valence-electron chi connectivity index (χ4n) is 3.11. The van der Waals surface area contributed by atoms with E-state index in [1.54, 1.807) is 35.0 Å². The van der Waals surface area contributed by atoms with E-state index in [2.05, 4.69) is 15.5 Å². The molecule has 2 aromatic heterocycles. The number of nitriles is 1. The maximum Gasteiger partial charge on any atom is 0.271 e. The molecule has 9 nitrogen and oxygen atoms in total. The number of nitrogens with one attached hydrogen (secondary N) is 1. The number of carbonyl (C=O) groups excluding carboxylic acids is 1. The number of anilines is 1. The van der Waals surface area contributed by atoms with E-state index in [1.807, 2.05) is 36.4 Å². The van der Waals surface area contributed by atoms with E-state index >= 15 is 0 Å². The largest absolute Gasteiger partial charge is 0.317 e. The van der Waals surface area contributed by atoms with Crippen LogP contribution in [0.4, 0.5) is 10.8 Å². The van der Waals surface area contributed by atoms with Crippen LogP contribution in [0.3, 0.4) is 0 Å². The molecule has 0 aliphatic rings. The van der Waals surface area contributed by atoms with Crippen LogP contribution in [0.25, 0.3) is 11.8 Å². The SMILES string of the molecule is N#C/C(=C/c1cccn1-c1cccc([N+](=O)[O-])c1)C(=O)Nc1nnc(Cc2ccccc2)s1. The van der Waals surface area contributed by atoms with Crippen LogP contribution in [0.15, 0.2) is 78.5 Å². The van der Waals surface area contributed by atoms with Crippen molar-refractivity contribution >= 4 is 34.1 Å². The van der Waals surface area contributed by atoms with Gasteiger partial charge in [0.1, 0.15) is 16.6 Å². The van der Waals surface area contributed by atoms with E-state index in [1.165, 1.54) is 29.5 Å². The first-order chi connectivity index (χ1) is 16.0. The zero-order valence-corrected chi connectivity index (χ0v) is 17.9.